The Kier molecular flexibility index (Phi) is 4.57. The van der Waals surface area contributed by atoms with E-state index < -0.39 is 0 Å². The van der Waals surface area contributed by atoms with E-state index in [2.05, 4.69) is 76.3 Å². The lowest BCUT2D eigenvalue weighted by Crippen LogP contribution is -2.34. The zero-order valence-corrected chi connectivity index (χ0v) is 14.0. The van der Waals surface area contributed by atoms with E-state index in [1.54, 1.807) is 0 Å². The summed E-state index contributed by atoms with van der Waals surface area (Å²) in [5, 5.41) is 0. The van der Waals surface area contributed by atoms with E-state index >= 15 is 0 Å². The smallest absolute Gasteiger partial charge is 0.242 e. The molecule has 0 fully saturated rings. The van der Waals surface area contributed by atoms with Crippen molar-refractivity contribution >= 4 is 11.0 Å². The topological polar surface area (TPSA) is 28.9 Å². The van der Waals surface area contributed by atoms with Crippen LogP contribution in [0.2, 0.25) is 0 Å². The van der Waals surface area contributed by atoms with E-state index in [-0.39, 0.29) is 6.10 Å². The highest BCUT2D eigenvalue weighted by molar-refractivity contribution is 5.70. The number of hydrogen-bond donors (Lipinski definition) is 1. The average Bonchev–Trinajstić information content (AvgIpc) is 3.10. The summed E-state index contributed by atoms with van der Waals surface area (Å²) in [6.45, 7) is 1.45. The molecule has 0 aliphatic heterocycles. The summed E-state index contributed by atoms with van der Waals surface area (Å²) in [4.78, 5) is 3.30. The molecule has 0 unspecified atom stereocenters. The predicted molar refractivity (Wildman–Crippen MR) is 99.2 cm³/mol. The highest BCUT2D eigenvalue weighted by Gasteiger charge is 2.15. The van der Waals surface area contributed by atoms with Gasteiger partial charge in [-0.3, -0.25) is 0 Å². The zero-order chi connectivity index (χ0) is 16.9. The minimum Gasteiger partial charge on any atom is -0.365 e. The molecule has 0 spiro atoms. The molecule has 4 aromatic rings. The SMILES string of the molecule is c1ccc(C(OCC[n+]2c[nH]c3ccccc32)c2ccccc2)cc1. The molecule has 1 aromatic heterocycles. The molecule has 3 aromatic carbocycles. The fraction of sp³-hybridized carbons (Fsp3) is 0.136. The van der Waals surface area contributed by atoms with Crippen molar-refractivity contribution in [2.45, 2.75) is 12.6 Å². The second kappa shape index (κ2) is 7.32. The number of fused-ring (bicyclic) bond motifs is 1. The van der Waals surface area contributed by atoms with Crippen LogP contribution in [-0.2, 0) is 11.3 Å². The maximum atomic E-state index is 6.30. The van der Waals surface area contributed by atoms with Gasteiger partial charge in [-0.1, -0.05) is 72.8 Å². The van der Waals surface area contributed by atoms with Gasteiger partial charge < -0.3 is 4.74 Å². The van der Waals surface area contributed by atoms with Crippen molar-refractivity contribution in [2.24, 2.45) is 0 Å². The van der Waals surface area contributed by atoms with Crippen molar-refractivity contribution in [1.82, 2.24) is 4.98 Å². The van der Waals surface area contributed by atoms with E-state index in [1.807, 2.05) is 24.5 Å². The number of para-hydroxylation sites is 2. The standard InChI is InChI=1S/C22H20N2O/c1-3-9-18(10-4-1)22(19-11-5-2-6-12-19)25-16-15-24-17-23-20-13-7-8-14-21(20)24/h1-14,17,22H,15-16H2/p+1. The molecule has 0 radical (unpaired) electrons. The van der Waals surface area contributed by atoms with Crippen molar-refractivity contribution in [1.29, 1.82) is 0 Å². The van der Waals surface area contributed by atoms with Gasteiger partial charge in [-0.25, -0.2) is 9.55 Å². The van der Waals surface area contributed by atoms with E-state index in [9.17, 15) is 0 Å². The fourth-order valence-corrected chi connectivity index (χ4v) is 3.16. The summed E-state index contributed by atoms with van der Waals surface area (Å²) in [7, 11) is 0. The summed E-state index contributed by atoms with van der Waals surface area (Å²) >= 11 is 0. The van der Waals surface area contributed by atoms with Crippen LogP contribution in [0.25, 0.3) is 11.0 Å². The van der Waals surface area contributed by atoms with Crippen LogP contribution in [0.3, 0.4) is 0 Å². The van der Waals surface area contributed by atoms with Crippen LogP contribution in [0.1, 0.15) is 17.2 Å². The first-order valence-electron chi connectivity index (χ1n) is 8.59. The third-order valence-corrected chi connectivity index (χ3v) is 4.41. The summed E-state index contributed by atoms with van der Waals surface area (Å²) in [6.07, 6.45) is 1.96. The number of ether oxygens (including phenoxy) is 1. The third-order valence-electron chi connectivity index (χ3n) is 4.41. The quantitative estimate of drug-likeness (QED) is 0.526. The molecule has 0 saturated carbocycles. The van der Waals surface area contributed by atoms with Crippen LogP contribution in [0.15, 0.2) is 91.3 Å². The van der Waals surface area contributed by atoms with E-state index in [0.29, 0.717) is 6.61 Å². The van der Waals surface area contributed by atoms with Crippen LogP contribution < -0.4 is 4.57 Å². The lowest BCUT2D eigenvalue weighted by atomic mass is 10.0. The first-order valence-corrected chi connectivity index (χ1v) is 8.59. The normalized spacial score (nSPS) is 11.2. The summed E-state index contributed by atoms with van der Waals surface area (Å²) in [6, 6.07) is 29.1. The van der Waals surface area contributed by atoms with Crippen LogP contribution in [0, 0.1) is 0 Å². The minimum atomic E-state index is -0.0480. The molecule has 0 atom stereocenters. The first kappa shape index (κ1) is 15.6. The van der Waals surface area contributed by atoms with Crippen LogP contribution in [-0.4, -0.2) is 11.6 Å². The lowest BCUT2D eigenvalue weighted by Gasteiger charge is -2.18. The van der Waals surface area contributed by atoms with Crippen molar-refractivity contribution in [2.75, 3.05) is 6.61 Å². The molecule has 0 bridgehead atoms. The minimum absolute atomic E-state index is 0.0480. The van der Waals surface area contributed by atoms with E-state index in [0.717, 1.165) is 12.1 Å². The van der Waals surface area contributed by atoms with Gasteiger partial charge in [0.25, 0.3) is 0 Å². The Labute approximate surface area is 147 Å². The maximum Gasteiger partial charge on any atom is 0.242 e. The Morgan fingerprint density at radius 1 is 0.760 bits per heavy atom. The maximum absolute atomic E-state index is 6.30. The van der Waals surface area contributed by atoms with Crippen molar-refractivity contribution < 1.29 is 9.30 Å². The van der Waals surface area contributed by atoms with Crippen molar-refractivity contribution in [3.63, 3.8) is 0 Å². The molecular formula is C22H21N2O+. The third kappa shape index (κ3) is 3.47. The molecule has 3 nitrogen and oxygen atoms in total. The molecule has 0 saturated heterocycles. The first-order chi connectivity index (χ1) is 12.4. The second-order valence-corrected chi connectivity index (χ2v) is 6.06. The van der Waals surface area contributed by atoms with Crippen LogP contribution in [0.5, 0.6) is 0 Å². The number of hydrogen-bond acceptors (Lipinski definition) is 1. The van der Waals surface area contributed by atoms with Crippen molar-refractivity contribution in [3.05, 3.63) is 102 Å². The Morgan fingerprint density at radius 3 is 2.04 bits per heavy atom. The number of nitrogens with zero attached hydrogens (tertiary/aromatic N) is 1. The van der Waals surface area contributed by atoms with Gasteiger partial charge in [0.05, 0.1) is 6.61 Å². The van der Waals surface area contributed by atoms with E-state index in [1.165, 1.54) is 16.6 Å². The van der Waals surface area contributed by atoms with Gasteiger partial charge in [0.15, 0.2) is 11.0 Å². The summed E-state index contributed by atoms with van der Waals surface area (Å²) in [5.41, 5.74) is 4.70. The van der Waals surface area contributed by atoms with Crippen molar-refractivity contribution in [3.8, 4) is 0 Å². The van der Waals surface area contributed by atoms with Gasteiger partial charge in [0.1, 0.15) is 12.6 Å². The Morgan fingerprint density at radius 2 is 1.36 bits per heavy atom. The van der Waals surface area contributed by atoms with Gasteiger partial charge in [-0.2, -0.15) is 0 Å². The number of H-pyrrole nitrogens is 1. The molecule has 1 N–H and O–H groups in total. The van der Waals surface area contributed by atoms with Gasteiger partial charge in [-0.05, 0) is 23.3 Å². The molecular weight excluding hydrogens is 308 g/mol. The molecule has 124 valence electrons. The van der Waals surface area contributed by atoms with Crippen LogP contribution >= 0.6 is 0 Å². The Hall–Kier alpha value is -2.91. The lowest BCUT2D eigenvalue weighted by molar-refractivity contribution is -0.673. The summed E-state index contributed by atoms with van der Waals surface area (Å²) in [5.74, 6) is 0. The number of benzene rings is 3. The molecule has 25 heavy (non-hydrogen) atoms. The Balaban J connectivity index is 1.51. The largest absolute Gasteiger partial charge is 0.365 e. The molecule has 0 amide bonds. The number of rotatable bonds is 6. The number of aromatic nitrogens is 2. The van der Waals surface area contributed by atoms with Crippen LogP contribution in [0.4, 0.5) is 0 Å². The molecule has 4 rings (SSSR count). The highest BCUT2D eigenvalue weighted by Crippen LogP contribution is 2.25. The summed E-state index contributed by atoms with van der Waals surface area (Å²) < 4.78 is 8.50. The molecule has 3 heteroatoms. The van der Waals surface area contributed by atoms with Gasteiger partial charge in [0, 0.05) is 0 Å². The fourth-order valence-electron chi connectivity index (χ4n) is 3.16. The number of nitrogens with one attached hydrogen (secondary N) is 1. The highest BCUT2D eigenvalue weighted by atomic mass is 16.5. The molecule has 1 heterocycles. The van der Waals surface area contributed by atoms with Gasteiger partial charge >= 0.3 is 0 Å². The number of imidazole rings is 1. The predicted octanol–water partition coefficient (Wildman–Crippen LogP) is 4.26. The second-order valence-electron chi connectivity index (χ2n) is 6.06. The van der Waals surface area contributed by atoms with Gasteiger partial charge in [0.2, 0.25) is 6.33 Å². The molecule has 0 aliphatic rings. The average molecular weight is 329 g/mol. The molecule has 0 aliphatic carbocycles. The Bertz CT molecular complexity index is 892. The number of aromatic amines is 1. The van der Waals surface area contributed by atoms with Gasteiger partial charge in [-0.15, -0.1) is 0 Å². The zero-order valence-electron chi connectivity index (χ0n) is 14.0. The van der Waals surface area contributed by atoms with E-state index in [4.69, 9.17) is 4.74 Å². The monoisotopic (exact) mass is 329 g/mol.